The number of carbonyl (C=O) groups is 1. The van der Waals surface area contributed by atoms with E-state index < -0.39 is 21.4 Å². The van der Waals surface area contributed by atoms with Crippen LogP contribution in [0.3, 0.4) is 0 Å². The second-order valence-corrected chi connectivity index (χ2v) is 6.13. The molecule has 1 atom stereocenters. The Hall–Kier alpha value is -0.660. The van der Waals surface area contributed by atoms with Crippen LogP contribution in [0.4, 0.5) is 0 Å². The first-order valence-corrected chi connectivity index (χ1v) is 7.12. The van der Waals surface area contributed by atoms with Crippen LogP contribution in [0.25, 0.3) is 0 Å². The number of carboxylic acid groups (broad SMARTS) is 1. The van der Waals surface area contributed by atoms with Crippen LogP contribution in [-0.2, 0) is 19.6 Å². The maximum absolute atomic E-state index is 11.5. The minimum absolute atomic E-state index is 0.0553. The third-order valence-corrected chi connectivity index (χ3v) is 4.15. The summed E-state index contributed by atoms with van der Waals surface area (Å²) in [4.78, 5) is 11.0. The Kier molecular flexibility index (Phi) is 6.66. The Bertz CT molecular complexity index is 341. The molecule has 0 aromatic carbocycles. The number of aliphatic carboxylic acids is 1. The number of sulfonamides is 1. The summed E-state index contributed by atoms with van der Waals surface area (Å²) < 4.78 is 30.1. The van der Waals surface area contributed by atoms with Gasteiger partial charge in [0, 0.05) is 20.3 Å². The minimum atomic E-state index is -3.42. The summed E-state index contributed by atoms with van der Waals surface area (Å²) in [6, 6.07) is 0. The lowest BCUT2D eigenvalue weighted by Gasteiger charge is -2.23. The smallest absolute Gasteiger partial charge is 0.310 e. The van der Waals surface area contributed by atoms with Crippen molar-refractivity contribution in [2.75, 3.05) is 26.0 Å². The average Bonchev–Trinajstić information content (AvgIpc) is 2.26. The second-order valence-electron chi connectivity index (χ2n) is 4.21. The third kappa shape index (κ3) is 5.99. The highest BCUT2D eigenvalue weighted by Gasteiger charge is 2.32. The van der Waals surface area contributed by atoms with Crippen LogP contribution in [0.15, 0.2) is 0 Å². The Morgan fingerprint density at radius 2 is 2.06 bits per heavy atom. The zero-order valence-corrected chi connectivity index (χ0v) is 11.3. The molecule has 0 radical (unpaired) electrons. The van der Waals surface area contributed by atoms with E-state index in [0.29, 0.717) is 19.4 Å². The van der Waals surface area contributed by atoms with Crippen molar-refractivity contribution >= 4 is 16.0 Å². The molecule has 17 heavy (non-hydrogen) atoms. The van der Waals surface area contributed by atoms with Crippen molar-refractivity contribution in [3.8, 4) is 0 Å². The molecule has 0 aliphatic carbocycles. The quantitative estimate of drug-likeness (QED) is 0.591. The van der Waals surface area contributed by atoms with Crippen LogP contribution in [0.5, 0.6) is 0 Å². The maximum atomic E-state index is 11.5. The van der Waals surface area contributed by atoms with E-state index in [2.05, 4.69) is 4.72 Å². The zero-order chi connectivity index (χ0) is 13.5. The molecule has 0 saturated carbocycles. The highest BCUT2D eigenvalue weighted by Crippen LogP contribution is 2.20. The van der Waals surface area contributed by atoms with Gasteiger partial charge in [0.15, 0.2) is 0 Å². The number of carboxylic acids is 1. The Labute approximate surface area is 102 Å². The van der Waals surface area contributed by atoms with E-state index in [4.69, 9.17) is 9.84 Å². The van der Waals surface area contributed by atoms with E-state index in [1.165, 1.54) is 14.0 Å². The van der Waals surface area contributed by atoms with Crippen LogP contribution >= 0.6 is 0 Å². The molecule has 0 aliphatic heterocycles. The number of hydrogen-bond donors (Lipinski definition) is 2. The first-order chi connectivity index (χ1) is 7.77. The molecular weight excluding hydrogens is 246 g/mol. The van der Waals surface area contributed by atoms with Gasteiger partial charge in [0.25, 0.3) is 0 Å². The molecule has 2 N–H and O–H groups in total. The van der Waals surface area contributed by atoms with Crippen molar-refractivity contribution in [2.45, 2.75) is 26.7 Å². The molecule has 0 saturated heterocycles. The van der Waals surface area contributed by atoms with Crippen molar-refractivity contribution in [2.24, 2.45) is 5.41 Å². The molecule has 0 bridgehead atoms. The topological polar surface area (TPSA) is 92.7 Å². The normalized spacial score (nSPS) is 15.5. The molecule has 0 spiro atoms. The van der Waals surface area contributed by atoms with E-state index in [1.54, 1.807) is 6.92 Å². The lowest BCUT2D eigenvalue weighted by molar-refractivity contribution is -0.147. The number of rotatable bonds is 9. The maximum Gasteiger partial charge on any atom is 0.310 e. The van der Waals surface area contributed by atoms with Crippen LogP contribution in [0.1, 0.15) is 26.7 Å². The summed E-state index contributed by atoms with van der Waals surface area (Å²) in [6.45, 7) is 3.51. The van der Waals surface area contributed by atoms with E-state index in [-0.39, 0.29) is 12.3 Å². The molecule has 6 nitrogen and oxygen atoms in total. The SMILES string of the molecule is CCC(C)(CNS(=O)(=O)CCCOC)C(=O)O. The zero-order valence-electron chi connectivity index (χ0n) is 10.5. The molecule has 7 heteroatoms. The van der Waals surface area contributed by atoms with Gasteiger partial charge in [0.1, 0.15) is 0 Å². The largest absolute Gasteiger partial charge is 0.481 e. The monoisotopic (exact) mass is 267 g/mol. The molecule has 0 aromatic rings. The van der Waals surface area contributed by atoms with Gasteiger partial charge in [-0.15, -0.1) is 0 Å². The number of hydrogen-bond acceptors (Lipinski definition) is 4. The summed E-state index contributed by atoms with van der Waals surface area (Å²) in [5.74, 6) is -1.06. The van der Waals surface area contributed by atoms with Gasteiger partial charge >= 0.3 is 5.97 Å². The minimum Gasteiger partial charge on any atom is -0.481 e. The highest BCUT2D eigenvalue weighted by atomic mass is 32.2. The first-order valence-electron chi connectivity index (χ1n) is 5.47. The van der Waals surface area contributed by atoms with Gasteiger partial charge in [-0.05, 0) is 19.8 Å². The van der Waals surface area contributed by atoms with Crippen molar-refractivity contribution < 1.29 is 23.1 Å². The van der Waals surface area contributed by atoms with Gasteiger partial charge in [0.05, 0.1) is 11.2 Å². The van der Waals surface area contributed by atoms with Crippen molar-refractivity contribution in [3.05, 3.63) is 0 Å². The number of ether oxygens (including phenoxy) is 1. The van der Waals surface area contributed by atoms with E-state index in [0.717, 1.165) is 0 Å². The molecule has 0 fully saturated rings. The Morgan fingerprint density at radius 3 is 2.47 bits per heavy atom. The molecule has 0 amide bonds. The molecule has 1 unspecified atom stereocenters. The number of nitrogens with one attached hydrogen (secondary N) is 1. The van der Waals surface area contributed by atoms with Crippen LogP contribution in [0, 0.1) is 5.41 Å². The third-order valence-electron chi connectivity index (χ3n) is 2.74. The van der Waals surface area contributed by atoms with Gasteiger partial charge in [0.2, 0.25) is 10.0 Å². The fraction of sp³-hybridized carbons (Fsp3) is 0.900. The van der Waals surface area contributed by atoms with Crippen LogP contribution in [-0.4, -0.2) is 45.5 Å². The van der Waals surface area contributed by atoms with Crippen LogP contribution in [0.2, 0.25) is 0 Å². The number of methoxy groups -OCH3 is 1. The van der Waals surface area contributed by atoms with Gasteiger partial charge in [-0.2, -0.15) is 0 Å². The second kappa shape index (κ2) is 6.93. The molecule has 0 aliphatic rings. The molecular formula is C10H21NO5S. The van der Waals surface area contributed by atoms with E-state index in [1.807, 2.05) is 0 Å². The fourth-order valence-corrected chi connectivity index (χ4v) is 2.27. The van der Waals surface area contributed by atoms with Gasteiger partial charge < -0.3 is 9.84 Å². The molecule has 0 heterocycles. The predicted molar refractivity (Wildman–Crippen MR) is 64.3 cm³/mol. The van der Waals surface area contributed by atoms with Crippen molar-refractivity contribution in [3.63, 3.8) is 0 Å². The molecule has 0 aromatic heterocycles. The molecule has 102 valence electrons. The highest BCUT2D eigenvalue weighted by molar-refractivity contribution is 7.89. The van der Waals surface area contributed by atoms with Crippen molar-refractivity contribution in [1.29, 1.82) is 0 Å². The Morgan fingerprint density at radius 1 is 1.47 bits per heavy atom. The first kappa shape index (κ1) is 16.3. The molecule has 0 rings (SSSR count). The summed E-state index contributed by atoms with van der Waals surface area (Å²) in [5, 5.41) is 8.99. The van der Waals surface area contributed by atoms with Gasteiger partial charge in [-0.1, -0.05) is 6.92 Å². The van der Waals surface area contributed by atoms with E-state index in [9.17, 15) is 13.2 Å². The van der Waals surface area contributed by atoms with Crippen LogP contribution < -0.4 is 4.72 Å². The summed E-state index contributed by atoms with van der Waals surface area (Å²) in [5.41, 5.74) is -1.06. The van der Waals surface area contributed by atoms with Gasteiger partial charge in [-0.3, -0.25) is 4.79 Å². The summed E-state index contributed by atoms with van der Waals surface area (Å²) in [6.07, 6.45) is 0.755. The standard InChI is InChI=1S/C10H21NO5S/c1-4-10(2,9(12)13)8-11-17(14,15)7-5-6-16-3/h11H,4-8H2,1-3H3,(H,12,13). The fourth-order valence-electron chi connectivity index (χ4n) is 1.09. The summed E-state index contributed by atoms with van der Waals surface area (Å²) >= 11 is 0. The average molecular weight is 267 g/mol. The lowest BCUT2D eigenvalue weighted by Crippen LogP contribution is -2.41. The van der Waals surface area contributed by atoms with Crippen molar-refractivity contribution in [1.82, 2.24) is 4.72 Å². The Balaban J connectivity index is 4.30. The van der Waals surface area contributed by atoms with E-state index >= 15 is 0 Å². The lowest BCUT2D eigenvalue weighted by atomic mass is 9.88. The predicted octanol–water partition coefficient (Wildman–Crippen LogP) is 0.443. The van der Waals surface area contributed by atoms with Gasteiger partial charge in [-0.25, -0.2) is 13.1 Å². The summed E-state index contributed by atoms with van der Waals surface area (Å²) in [7, 11) is -1.93.